The van der Waals surface area contributed by atoms with Gasteiger partial charge in [-0.15, -0.1) is 0 Å². The lowest BCUT2D eigenvalue weighted by atomic mass is 10.1. The van der Waals surface area contributed by atoms with Crippen LogP contribution in [0.4, 0.5) is 5.82 Å². The van der Waals surface area contributed by atoms with Gasteiger partial charge in [0.25, 0.3) is 0 Å². The zero-order chi connectivity index (χ0) is 27.9. The lowest BCUT2D eigenvalue weighted by molar-refractivity contribution is -0.174. The summed E-state index contributed by atoms with van der Waals surface area (Å²) >= 11 is 0. The molecule has 3 aromatic rings. The van der Waals surface area contributed by atoms with E-state index in [9.17, 15) is 9.59 Å². The van der Waals surface area contributed by atoms with Crippen molar-refractivity contribution < 1.29 is 28.5 Å². The summed E-state index contributed by atoms with van der Waals surface area (Å²) in [5.41, 5.74) is 1.74. The van der Waals surface area contributed by atoms with Crippen LogP contribution in [-0.2, 0) is 23.7 Å². The van der Waals surface area contributed by atoms with Crippen LogP contribution in [0.5, 0.6) is 0 Å². The minimum atomic E-state index is -1.02. The SMILES string of the molecule is CCOC(=O)C(OCC(=O)c1cc2ncn(-c3ccc(C#N)cn3)c2nc1NC1CCOCC1)N1CCOCC1. The molecule has 5 heterocycles. The lowest BCUT2D eigenvalue weighted by Gasteiger charge is -2.32. The Balaban J connectivity index is 1.43. The van der Waals surface area contributed by atoms with Crippen LogP contribution in [0, 0.1) is 11.3 Å². The first kappa shape index (κ1) is 27.6. The van der Waals surface area contributed by atoms with Crippen LogP contribution in [0.15, 0.2) is 30.7 Å². The number of anilines is 1. The van der Waals surface area contributed by atoms with Gasteiger partial charge in [0.2, 0.25) is 6.23 Å². The van der Waals surface area contributed by atoms with Crippen LogP contribution in [0.3, 0.4) is 0 Å². The molecule has 0 aromatic carbocycles. The molecule has 0 aliphatic carbocycles. The average molecular weight is 550 g/mol. The number of aromatic nitrogens is 4. The third kappa shape index (κ3) is 6.26. The van der Waals surface area contributed by atoms with Crippen molar-refractivity contribution in [2.45, 2.75) is 32.0 Å². The van der Waals surface area contributed by atoms with Gasteiger partial charge in [0.1, 0.15) is 36.2 Å². The molecule has 0 radical (unpaired) electrons. The number of hydrogen-bond acceptors (Lipinski definition) is 12. The summed E-state index contributed by atoms with van der Waals surface area (Å²) in [7, 11) is 0. The van der Waals surface area contributed by atoms with E-state index in [0.717, 1.165) is 12.8 Å². The Hall–Kier alpha value is -3.96. The molecule has 1 unspecified atom stereocenters. The topological polar surface area (TPSA) is 154 Å². The van der Waals surface area contributed by atoms with E-state index in [1.54, 1.807) is 36.0 Å². The second kappa shape index (κ2) is 12.9. The predicted octanol–water partition coefficient (Wildman–Crippen LogP) is 1.70. The van der Waals surface area contributed by atoms with Gasteiger partial charge in [0, 0.05) is 38.5 Å². The molecular weight excluding hydrogens is 518 g/mol. The van der Waals surface area contributed by atoms with Crippen molar-refractivity contribution in [3.05, 3.63) is 41.9 Å². The third-order valence-corrected chi connectivity index (χ3v) is 6.75. The van der Waals surface area contributed by atoms with E-state index in [1.807, 2.05) is 4.90 Å². The zero-order valence-electron chi connectivity index (χ0n) is 22.2. The molecule has 1 N–H and O–H groups in total. The molecular formula is C27H31N7O6. The maximum atomic E-state index is 13.6. The fourth-order valence-electron chi connectivity index (χ4n) is 4.64. The Morgan fingerprint density at radius 2 is 1.95 bits per heavy atom. The Bertz CT molecular complexity index is 1370. The van der Waals surface area contributed by atoms with Gasteiger partial charge in [-0.1, -0.05) is 0 Å². The number of esters is 1. The minimum absolute atomic E-state index is 0.0659. The highest BCUT2D eigenvalue weighted by molar-refractivity contribution is 6.03. The quantitative estimate of drug-likeness (QED) is 0.289. The number of nitrogens with zero attached hydrogens (tertiary/aromatic N) is 6. The van der Waals surface area contributed by atoms with Crippen LogP contribution < -0.4 is 5.32 Å². The number of pyridine rings is 2. The summed E-state index contributed by atoms with van der Waals surface area (Å²) in [6.45, 7) is 4.70. The number of nitriles is 1. The van der Waals surface area contributed by atoms with E-state index in [1.165, 1.54) is 6.20 Å². The molecule has 2 aliphatic rings. The summed E-state index contributed by atoms with van der Waals surface area (Å²) in [6.07, 6.45) is 3.57. The number of morpholine rings is 1. The van der Waals surface area contributed by atoms with Gasteiger partial charge in [0.15, 0.2) is 11.4 Å². The summed E-state index contributed by atoms with van der Waals surface area (Å²) in [5, 5.41) is 12.5. The largest absolute Gasteiger partial charge is 0.463 e. The number of carbonyl (C=O) groups excluding carboxylic acids is 2. The molecule has 2 saturated heterocycles. The van der Waals surface area contributed by atoms with E-state index in [2.05, 4.69) is 21.4 Å². The minimum Gasteiger partial charge on any atom is -0.463 e. The van der Waals surface area contributed by atoms with Crippen molar-refractivity contribution in [3.63, 3.8) is 0 Å². The van der Waals surface area contributed by atoms with Crippen molar-refractivity contribution in [1.82, 2.24) is 24.4 Å². The summed E-state index contributed by atoms with van der Waals surface area (Å²) in [4.78, 5) is 41.6. The Morgan fingerprint density at radius 1 is 1.18 bits per heavy atom. The predicted molar refractivity (Wildman–Crippen MR) is 142 cm³/mol. The smallest absolute Gasteiger partial charge is 0.350 e. The van der Waals surface area contributed by atoms with Gasteiger partial charge in [0.05, 0.1) is 30.9 Å². The first-order chi connectivity index (χ1) is 19.6. The van der Waals surface area contributed by atoms with Crippen LogP contribution in [0.25, 0.3) is 17.0 Å². The molecule has 13 heteroatoms. The van der Waals surface area contributed by atoms with Crippen molar-refractivity contribution in [2.75, 3.05) is 58.0 Å². The van der Waals surface area contributed by atoms with Crippen LogP contribution >= 0.6 is 0 Å². The van der Waals surface area contributed by atoms with Gasteiger partial charge in [-0.25, -0.2) is 19.7 Å². The number of ketones is 1. The monoisotopic (exact) mass is 549 g/mol. The van der Waals surface area contributed by atoms with E-state index in [-0.39, 0.29) is 25.0 Å². The number of ether oxygens (including phenoxy) is 4. The van der Waals surface area contributed by atoms with Gasteiger partial charge >= 0.3 is 5.97 Å². The highest BCUT2D eigenvalue weighted by Crippen LogP contribution is 2.25. The Morgan fingerprint density at radius 3 is 2.65 bits per heavy atom. The Labute approximate surface area is 231 Å². The molecule has 1 atom stereocenters. The van der Waals surface area contributed by atoms with Crippen molar-refractivity contribution in [2.24, 2.45) is 0 Å². The highest BCUT2D eigenvalue weighted by atomic mass is 16.6. The van der Waals surface area contributed by atoms with E-state index < -0.39 is 12.2 Å². The van der Waals surface area contributed by atoms with E-state index in [4.69, 9.17) is 29.2 Å². The molecule has 2 aliphatic heterocycles. The normalized spacial score (nSPS) is 17.3. The number of hydrogen-bond donors (Lipinski definition) is 1. The van der Waals surface area contributed by atoms with Crippen LogP contribution in [-0.4, -0.2) is 101 Å². The maximum absolute atomic E-state index is 13.6. The van der Waals surface area contributed by atoms with Gasteiger partial charge in [-0.3, -0.25) is 14.3 Å². The highest BCUT2D eigenvalue weighted by Gasteiger charge is 2.31. The summed E-state index contributed by atoms with van der Waals surface area (Å²) < 4.78 is 23.7. The molecule has 210 valence electrons. The van der Waals surface area contributed by atoms with Gasteiger partial charge < -0.3 is 24.3 Å². The van der Waals surface area contributed by atoms with Crippen molar-refractivity contribution in [1.29, 1.82) is 5.26 Å². The number of nitrogens with one attached hydrogen (secondary N) is 1. The second-order valence-electron chi connectivity index (χ2n) is 9.38. The van der Waals surface area contributed by atoms with E-state index in [0.29, 0.717) is 73.4 Å². The third-order valence-electron chi connectivity index (χ3n) is 6.75. The molecule has 2 fully saturated rings. The van der Waals surface area contributed by atoms with Crippen molar-refractivity contribution >= 4 is 28.7 Å². The molecule has 13 nitrogen and oxygen atoms in total. The molecule has 3 aromatic heterocycles. The molecule has 40 heavy (non-hydrogen) atoms. The number of rotatable bonds is 10. The number of imidazole rings is 1. The molecule has 0 saturated carbocycles. The molecule has 0 amide bonds. The fourth-order valence-corrected chi connectivity index (χ4v) is 4.64. The number of Topliss-reactive ketones (excluding diaryl/α,β-unsaturated/α-hetero) is 1. The Kier molecular flexibility index (Phi) is 8.92. The molecule has 5 rings (SSSR count). The second-order valence-corrected chi connectivity index (χ2v) is 9.38. The summed E-state index contributed by atoms with van der Waals surface area (Å²) in [5.74, 6) is 0.0382. The van der Waals surface area contributed by atoms with Crippen molar-refractivity contribution in [3.8, 4) is 11.9 Å². The average Bonchev–Trinajstić information content (AvgIpc) is 3.41. The molecule has 0 spiro atoms. The number of carbonyl (C=O) groups is 2. The molecule has 0 bridgehead atoms. The first-order valence-electron chi connectivity index (χ1n) is 13.3. The first-order valence-corrected chi connectivity index (χ1v) is 13.3. The zero-order valence-corrected chi connectivity index (χ0v) is 22.2. The maximum Gasteiger partial charge on any atom is 0.350 e. The lowest BCUT2D eigenvalue weighted by Crippen LogP contribution is -2.50. The van der Waals surface area contributed by atoms with Crippen LogP contribution in [0.2, 0.25) is 0 Å². The fraction of sp³-hybridized carbons (Fsp3) is 0.481. The van der Waals surface area contributed by atoms with Gasteiger partial charge in [-0.2, -0.15) is 5.26 Å². The van der Waals surface area contributed by atoms with Gasteiger partial charge in [-0.05, 0) is 38.0 Å². The summed E-state index contributed by atoms with van der Waals surface area (Å²) in [6, 6.07) is 7.17. The van der Waals surface area contributed by atoms with E-state index >= 15 is 0 Å². The standard InChI is InChI=1S/C27H31N7O6/c1-2-39-27(36)26(33-7-11-38-12-8-33)40-16-22(35)20-13-21-25(32-24(20)31-19-5-9-37-10-6-19)34(17-30-21)23-4-3-18(14-28)15-29-23/h3-4,13,15,17,19,26H,2,5-12,16H2,1H3,(H,31,32). The number of fused-ring (bicyclic) bond motifs is 1. The van der Waals surface area contributed by atoms with Crippen LogP contribution in [0.1, 0.15) is 35.7 Å².